The van der Waals surface area contributed by atoms with Crippen LogP contribution in [0, 0.1) is 5.82 Å². The molecule has 0 N–H and O–H groups in total. The summed E-state index contributed by atoms with van der Waals surface area (Å²) in [6.07, 6.45) is 2.72. The number of carbonyl (C=O) groups excluding carboxylic acids is 1. The van der Waals surface area contributed by atoms with E-state index in [2.05, 4.69) is 9.97 Å². The molecule has 154 valence electrons. The summed E-state index contributed by atoms with van der Waals surface area (Å²) < 4.78 is 26.9. The van der Waals surface area contributed by atoms with E-state index in [-0.39, 0.29) is 29.5 Å². The molecule has 30 heavy (non-hydrogen) atoms. The van der Waals surface area contributed by atoms with E-state index < -0.39 is 23.8 Å². The van der Waals surface area contributed by atoms with Gasteiger partial charge in [-0.15, -0.1) is 0 Å². The van der Waals surface area contributed by atoms with Crippen molar-refractivity contribution in [2.24, 2.45) is 14.1 Å². The van der Waals surface area contributed by atoms with Crippen LogP contribution < -0.4 is 11.2 Å². The van der Waals surface area contributed by atoms with Crippen molar-refractivity contribution < 1.29 is 18.3 Å². The SMILES string of the molecule is Cn1cnc2c1c(=O)n(CC(=O)OCc1coc(-c3ccc(F)cc3)n1)c(=O)n2C. The van der Waals surface area contributed by atoms with E-state index in [4.69, 9.17) is 9.15 Å². The number of halogens is 1. The number of carbonyl (C=O) groups is 1. The number of hydrogen-bond donors (Lipinski definition) is 0. The first-order chi connectivity index (χ1) is 14.3. The van der Waals surface area contributed by atoms with E-state index >= 15 is 0 Å². The summed E-state index contributed by atoms with van der Waals surface area (Å²) in [5, 5.41) is 0. The minimum Gasteiger partial charge on any atom is -0.458 e. The molecule has 0 bridgehead atoms. The predicted molar refractivity (Wildman–Crippen MR) is 102 cm³/mol. The predicted octanol–water partition coefficient (Wildman–Crippen LogP) is 0.971. The zero-order valence-electron chi connectivity index (χ0n) is 16.0. The fraction of sp³-hybridized carbons (Fsp3) is 0.211. The number of esters is 1. The highest BCUT2D eigenvalue weighted by Gasteiger charge is 2.18. The molecular weight excluding hydrogens is 397 g/mol. The molecule has 0 aliphatic rings. The van der Waals surface area contributed by atoms with E-state index in [0.717, 1.165) is 4.57 Å². The molecule has 3 heterocycles. The maximum atomic E-state index is 13.0. The highest BCUT2D eigenvalue weighted by atomic mass is 19.1. The molecule has 0 spiro atoms. The van der Waals surface area contributed by atoms with Crippen molar-refractivity contribution in [2.45, 2.75) is 13.2 Å². The van der Waals surface area contributed by atoms with Crippen molar-refractivity contribution in [1.82, 2.24) is 23.7 Å². The molecule has 0 unspecified atom stereocenters. The van der Waals surface area contributed by atoms with Crippen molar-refractivity contribution >= 4 is 17.1 Å². The second-order valence-electron chi connectivity index (χ2n) is 6.57. The quantitative estimate of drug-likeness (QED) is 0.448. The molecule has 11 heteroatoms. The van der Waals surface area contributed by atoms with Crippen LogP contribution in [-0.4, -0.2) is 29.6 Å². The third kappa shape index (κ3) is 3.41. The minimum atomic E-state index is -0.790. The van der Waals surface area contributed by atoms with Crippen LogP contribution in [0.2, 0.25) is 0 Å². The number of rotatable bonds is 5. The summed E-state index contributed by atoms with van der Waals surface area (Å²) in [4.78, 5) is 45.4. The molecule has 1 aromatic carbocycles. The van der Waals surface area contributed by atoms with Crippen LogP contribution in [-0.2, 0) is 36.8 Å². The van der Waals surface area contributed by atoms with Crippen LogP contribution in [0.25, 0.3) is 22.6 Å². The van der Waals surface area contributed by atoms with E-state index in [1.54, 1.807) is 7.05 Å². The van der Waals surface area contributed by atoms with Crippen molar-refractivity contribution in [3.63, 3.8) is 0 Å². The molecule has 0 radical (unpaired) electrons. The van der Waals surface area contributed by atoms with E-state index in [1.165, 1.54) is 53.0 Å². The van der Waals surface area contributed by atoms with Crippen LogP contribution >= 0.6 is 0 Å². The first kappa shape index (κ1) is 19.3. The Hall–Kier alpha value is -4.02. The highest BCUT2D eigenvalue weighted by Crippen LogP contribution is 2.19. The molecule has 0 fully saturated rings. The van der Waals surface area contributed by atoms with Crippen molar-refractivity contribution in [3.8, 4) is 11.5 Å². The van der Waals surface area contributed by atoms with Crippen LogP contribution in [0.4, 0.5) is 4.39 Å². The molecule has 4 rings (SSSR count). The Morgan fingerprint density at radius 1 is 1.20 bits per heavy atom. The standard InChI is InChI=1S/C19H16FN5O5/c1-23-10-21-16-15(23)18(27)25(19(28)24(16)2)7-14(26)29-8-13-9-30-17(22-13)11-3-5-12(20)6-4-11/h3-6,9-10H,7-8H2,1-2H3. The summed E-state index contributed by atoms with van der Waals surface area (Å²) in [5.41, 5.74) is 0.00478. The van der Waals surface area contributed by atoms with Crippen LogP contribution in [0.1, 0.15) is 5.69 Å². The van der Waals surface area contributed by atoms with Crippen molar-refractivity contribution in [2.75, 3.05) is 0 Å². The van der Waals surface area contributed by atoms with E-state index in [9.17, 15) is 18.8 Å². The zero-order valence-corrected chi connectivity index (χ0v) is 16.0. The normalized spacial score (nSPS) is 11.2. The van der Waals surface area contributed by atoms with Gasteiger partial charge in [-0.2, -0.15) is 0 Å². The number of benzene rings is 1. The van der Waals surface area contributed by atoms with Crippen molar-refractivity contribution in [1.29, 1.82) is 0 Å². The monoisotopic (exact) mass is 413 g/mol. The Morgan fingerprint density at radius 2 is 1.93 bits per heavy atom. The number of ether oxygens (including phenoxy) is 1. The van der Waals surface area contributed by atoms with Gasteiger partial charge >= 0.3 is 11.7 Å². The molecule has 4 aromatic rings. The lowest BCUT2D eigenvalue weighted by atomic mass is 10.2. The molecule has 0 saturated carbocycles. The number of oxazole rings is 1. The fourth-order valence-corrected chi connectivity index (χ4v) is 2.96. The number of imidazole rings is 1. The summed E-state index contributed by atoms with van der Waals surface area (Å²) in [5.74, 6) is -0.931. The smallest absolute Gasteiger partial charge is 0.333 e. The number of nitrogens with zero attached hydrogens (tertiary/aromatic N) is 5. The van der Waals surface area contributed by atoms with Gasteiger partial charge in [0.05, 0.1) is 6.33 Å². The van der Waals surface area contributed by atoms with Crippen LogP contribution in [0.5, 0.6) is 0 Å². The van der Waals surface area contributed by atoms with E-state index in [0.29, 0.717) is 11.3 Å². The number of aryl methyl sites for hydroxylation is 2. The lowest BCUT2D eigenvalue weighted by molar-refractivity contribution is -0.145. The Balaban J connectivity index is 1.49. The molecule has 0 atom stereocenters. The molecule has 0 aliphatic carbocycles. The fourth-order valence-electron chi connectivity index (χ4n) is 2.96. The highest BCUT2D eigenvalue weighted by molar-refractivity contribution is 5.72. The second kappa shape index (κ2) is 7.43. The lowest BCUT2D eigenvalue weighted by Gasteiger charge is -2.08. The molecule has 0 amide bonds. The Kier molecular flexibility index (Phi) is 4.78. The summed E-state index contributed by atoms with van der Waals surface area (Å²) in [7, 11) is 3.08. The molecule has 10 nitrogen and oxygen atoms in total. The summed E-state index contributed by atoms with van der Waals surface area (Å²) >= 11 is 0. The average Bonchev–Trinajstić information content (AvgIpc) is 3.35. The zero-order chi connectivity index (χ0) is 21.4. The summed E-state index contributed by atoms with van der Waals surface area (Å²) in [6, 6.07) is 5.56. The molecule has 0 aliphatic heterocycles. The van der Waals surface area contributed by atoms with Gasteiger partial charge in [-0.1, -0.05) is 0 Å². The van der Waals surface area contributed by atoms with Gasteiger partial charge in [0.1, 0.15) is 30.9 Å². The van der Waals surface area contributed by atoms with Gasteiger partial charge in [0.25, 0.3) is 5.56 Å². The van der Waals surface area contributed by atoms with Gasteiger partial charge in [-0.3, -0.25) is 14.2 Å². The minimum absolute atomic E-state index is 0.199. The summed E-state index contributed by atoms with van der Waals surface area (Å²) in [6.45, 7) is -0.776. The topological polar surface area (TPSA) is 114 Å². The van der Waals surface area contributed by atoms with Crippen LogP contribution in [0.3, 0.4) is 0 Å². The lowest BCUT2D eigenvalue weighted by Crippen LogP contribution is -2.41. The third-order valence-electron chi connectivity index (χ3n) is 4.51. The Labute approximate surface area is 167 Å². The van der Waals surface area contributed by atoms with Gasteiger partial charge in [0.2, 0.25) is 5.89 Å². The number of fused-ring (bicyclic) bond motifs is 1. The van der Waals surface area contributed by atoms with Gasteiger partial charge in [-0.25, -0.2) is 23.7 Å². The first-order valence-corrected chi connectivity index (χ1v) is 8.82. The molecular formula is C19H16FN5O5. The average molecular weight is 413 g/mol. The van der Waals surface area contributed by atoms with Gasteiger partial charge < -0.3 is 13.7 Å². The van der Waals surface area contributed by atoms with E-state index in [1.807, 2.05) is 0 Å². The number of hydrogen-bond acceptors (Lipinski definition) is 7. The maximum Gasteiger partial charge on any atom is 0.333 e. The molecule has 0 saturated heterocycles. The van der Waals surface area contributed by atoms with Gasteiger partial charge in [-0.05, 0) is 24.3 Å². The van der Waals surface area contributed by atoms with Gasteiger partial charge in [0.15, 0.2) is 11.2 Å². The first-order valence-electron chi connectivity index (χ1n) is 8.82. The van der Waals surface area contributed by atoms with Gasteiger partial charge in [0, 0.05) is 19.7 Å². The maximum absolute atomic E-state index is 13.0. The Bertz CT molecular complexity index is 1360. The Morgan fingerprint density at radius 3 is 2.67 bits per heavy atom. The molecule has 3 aromatic heterocycles. The third-order valence-corrected chi connectivity index (χ3v) is 4.51. The van der Waals surface area contributed by atoms with Crippen molar-refractivity contribution in [3.05, 3.63) is 69.2 Å². The largest absolute Gasteiger partial charge is 0.458 e. The van der Waals surface area contributed by atoms with Crippen LogP contribution in [0.15, 0.2) is 50.9 Å². The number of aromatic nitrogens is 5. The second-order valence-corrected chi connectivity index (χ2v) is 6.57.